The fraction of sp³-hybridized carbons (Fsp3) is 0.471. The number of esters is 2. The van der Waals surface area contributed by atoms with E-state index < -0.39 is 30.5 Å². The lowest BCUT2D eigenvalue weighted by Gasteiger charge is -2.21. The number of nitrogens with one attached hydrogen (secondary N) is 1. The van der Waals surface area contributed by atoms with Gasteiger partial charge in [-0.3, -0.25) is 4.79 Å². The lowest BCUT2D eigenvalue weighted by molar-refractivity contribution is -0.147. The third-order valence-electron chi connectivity index (χ3n) is 3.93. The summed E-state index contributed by atoms with van der Waals surface area (Å²) >= 11 is 0. The van der Waals surface area contributed by atoms with Gasteiger partial charge in [-0.05, 0) is 24.1 Å². The summed E-state index contributed by atoms with van der Waals surface area (Å²) in [4.78, 5) is 35.7. The van der Waals surface area contributed by atoms with E-state index in [0.717, 1.165) is 0 Å². The summed E-state index contributed by atoms with van der Waals surface area (Å²) in [6.45, 7) is 3.31. The quantitative estimate of drug-likeness (QED) is 0.739. The second-order valence-electron chi connectivity index (χ2n) is 5.60. The van der Waals surface area contributed by atoms with Crippen molar-refractivity contribution in [3.05, 3.63) is 23.8 Å². The molecule has 2 unspecified atom stereocenters. The molecule has 0 aliphatic carbocycles. The van der Waals surface area contributed by atoms with E-state index >= 15 is 0 Å². The van der Waals surface area contributed by atoms with E-state index in [0.29, 0.717) is 17.9 Å². The van der Waals surface area contributed by atoms with Gasteiger partial charge in [0.15, 0.2) is 18.1 Å². The van der Waals surface area contributed by atoms with Crippen LogP contribution in [0.4, 0.5) is 0 Å². The number of rotatable bonds is 7. The van der Waals surface area contributed by atoms with E-state index in [1.807, 2.05) is 13.8 Å². The normalized spacial score (nSPS) is 14.4. The molecule has 1 aliphatic rings. The molecule has 1 heterocycles. The molecule has 1 amide bonds. The van der Waals surface area contributed by atoms with Crippen LogP contribution in [0.1, 0.15) is 30.6 Å². The summed E-state index contributed by atoms with van der Waals surface area (Å²) in [7, 11) is 1.25. The van der Waals surface area contributed by atoms with Crippen LogP contribution in [0, 0.1) is 5.92 Å². The monoisotopic (exact) mass is 351 g/mol. The Bertz CT molecular complexity index is 658. The number of benzene rings is 1. The molecule has 136 valence electrons. The largest absolute Gasteiger partial charge is 0.467 e. The summed E-state index contributed by atoms with van der Waals surface area (Å²) in [6.07, 6.45) is 0.678. The lowest BCUT2D eigenvalue weighted by Crippen LogP contribution is -2.47. The molecule has 1 aromatic rings. The van der Waals surface area contributed by atoms with Crippen LogP contribution in [0.25, 0.3) is 0 Å². The summed E-state index contributed by atoms with van der Waals surface area (Å²) in [5, 5.41) is 2.53. The Kier molecular flexibility index (Phi) is 6.21. The molecule has 0 saturated carbocycles. The zero-order valence-corrected chi connectivity index (χ0v) is 14.4. The summed E-state index contributed by atoms with van der Waals surface area (Å²) < 4.78 is 20.0. The molecular weight excluding hydrogens is 330 g/mol. The van der Waals surface area contributed by atoms with Crippen LogP contribution < -0.4 is 14.8 Å². The Morgan fingerprint density at radius 2 is 1.96 bits per heavy atom. The van der Waals surface area contributed by atoms with Gasteiger partial charge < -0.3 is 24.3 Å². The van der Waals surface area contributed by atoms with E-state index in [2.05, 4.69) is 10.1 Å². The number of amides is 1. The van der Waals surface area contributed by atoms with Gasteiger partial charge in [0.05, 0.1) is 12.7 Å². The van der Waals surface area contributed by atoms with Crippen LogP contribution in [0.5, 0.6) is 11.5 Å². The fourth-order valence-electron chi connectivity index (χ4n) is 2.25. The highest BCUT2D eigenvalue weighted by Gasteiger charge is 2.27. The Morgan fingerprint density at radius 3 is 2.64 bits per heavy atom. The first-order valence-electron chi connectivity index (χ1n) is 7.90. The minimum absolute atomic E-state index is 0.0980. The minimum Gasteiger partial charge on any atom is -0.467 e. The van der Waals surface area contributed by atoms with Gasteiger partial charge in [0.2, 0.25) is 6.79 Å². The van der Waals surface area contributed by atoms with E-state index in [9.17, 15) is 14.4 Å². The number of hydrogen-bond donors (Lipinski definition) is 1. The van der Waals surface area contributed by atoms with Crippen LogP contribution in [-0.2, 0) is 19.1 Å². The fourth-order valence-corrected chi connectivity index (χ4v) is 2.25. The molecule has 8 nitrogen and oxygen atoms in total. The van der Waals surface area contributed by atoms with Crippen molar-refractivity contribution in [3.63, 3.8) is 0 Å². The van der Waals surface area contributed by atoms with Crippen LogP contribution in [-0.4, -0.2) is 44.4 Å². The average Bonchev–Trinajstić information content (AvgIpc) is 3.10. The van der Waals surface area contributed by atoms with Crippen molar-refractivity contribution in [2.45, 2.75) is 26.3 Å². The molecule has 2 rings (SSSR count). The molecule has 0 radical (unpaired) electrons. The van der Waals surface area contributed by atoms with Crippen LogP contribution in [0.2, 0.25) is 0 Å². The molecule has 0 fully saturated rings. The molecule has 1 aromatic carbocycles. The number of methoxy groups -OCH3 is 1. The molecule has 0 aromatic heterocycles. The molecule has 0 saturated heterocycles. The second-order valence-corrected chi connectivity index (χ2v) is 5.60. The number of ether oxygens (including phenoxy) is 4. The topological polar surface area (TPSA) is 100 Å². The Morgan fingerprint density at radius 1 is 1.24 bits per heavy atom. The van der Waals surface area contributed by atoms with Crippen molar-refractivity contribution in [1.29, 1.82) is 0 Å². The van der Waals surface area contributed by atoms with Gasteiger partial charge in [-0.25, -0.2) is 9.59 Å². The lowest BCUT2D eigenvalue weighted by atomic mass is 9.99. The first kappa shape index (κ1) is 18.6. The Labute approximate surface area is 145 Å². The van der Waals surface area contributed by atoms with Crippen LogP contribution in [0.15, 0.2) is 18.2 Å². The minimum atomic E-state index is -0.785. The van der Waals surface area contributed by atoms with Gasteiger partial charge in [-0.15, -0.1) is 0 Å². The number of hydrogen-bond acceptors (Lipinski definition) is 7. The highest BCUT2D eigenvalue weighted by molar-refractivity contribution is 5.92. The molecular formula is C17H21NO7. The molecule has 1 aliphatic heterocycles. The number of carbonyl (C=O) groups is 3. The van der Waals surface area contributed by atoms with Gasteiger partial charge in [0.25, 0.3) is 5.91 Å². The third kappa shape index (κ3) is 4.62. The predicted molar refractivity (Wildman–Crippen MR) is 86.2 cm³/mol. The maximum absolute atomic E-state index is 12.0. The van der Waals surface area contributed by atoms with Gasteiger partial charge in [0, 0.05) is 0 Å². The van der Waals surface area contributed by atoms with Crippen molar-refractivity contribution in [2.24, 2.45) is 5.92 Å². The first-order valence-corrected chi connectivity index (χ1v) is 7.90. The highest BCUT2D eigenvalue weighted by Crippen LogP contribution is 2.32. The van der Waals surface area contributed by atoms with E-state index in [1.54, 1.807) is 6.07 Å². The molecule has 1 N–H and O–H groups in total. The highest BCUT2D eigenvalue weighted by atomic mass is 16.7. The third-order valence-corrected chi connectivity index (χ3v) is 3.93. The van der Waals surface area contributed by atoms with Gasteiger partial charge >= 0.3 is 11.9 Å². The molecule has 0 spiro atoms. The zero-order chi connectivity index (χ0) is 18.4. The predicted octanol–water partition coefficient (Wildman–Crippen LogP) is 1.28. The molecule has 25 heavy (non-hydrogen) atoms. The Balaban J connectivity index is 1.90. The van der Waals surface area contributed by atoms with Crippen LogP contribution in [0.3, 0.4) is 0 Å². The van der Waals surface area contributed by atoms with Crippen molar-refractivity contribution in [2.75, 3.05) is 20.5 Å². The maximum atomic E-state index is 12.0. The van der Waals surface area contributed by atoms with Crippen molar-refractivity contribution in [1.82, 2.24) is 5.32 Å². The summed E-state index contributed by atoms with van der Waals surface area (Å²) in [6, 6.07) is 3.81. The van der Waals surface area contributed by atoms with Gasteiger partial charge in [-0.1, -0.05) is 20.3 Å². The van der Waals surface area contributed by atoms with E-state index in [1.165, 1.54) is 19.2 Å². The van der Waals surface area contributed by atoms with E-state index in [4.69, 9.17) is 14.2 Å². The second kappa shape index (κ2) is 8.36. The summed E-state index contributed by atoms with van der Waals surface area (Å²) in [5.74, 6) is -0.910. The molecule has 8 heteroatoms. The molecule has 0 bridgehead atoms. The SMILES string of the molecule is CCC(C)C(NC(=O)COC(=O)c1ccc2c(c1)OCO2)C(=O)OC. The number of carbonyl (C=O) groups excluding carboxylic acids is 3. The first-order chi connectivity index (χ1) is 12.0. The van der Waals surface area contributed by atoms with Gasteiger partial charge in [-0.2, -0.15) is 0 Å². The molecule has 2 atom stereocenters. The van der Waals surface area contributed by atoms with Crippen LogP contribution >= 0.6 is 0 Å². The van der Waals surface area contributed by atoms with Crippen molar-refractivity contribution < 1.29 is 33.3 Å². The smallest absolute Gasteiger partial charge is 0.338 e. The zero-order valence-electron chi connectivity index (χ0n) is 14.4. The van der Waals surface area contributed by atoms with E-state index in [-0.39, 0.29) is 18.3 Å². The Hall–Kier alpha value is -2.77. The maximum Gasteiger partial charge on any atom is 0.338 e. The summed E-state index contributed by atoms with van der Waals surface area (Å²) in [5.41, 5.74) is 0.239. The van der Waals surface area contributed by atoms with Gasteiger partial charge in [0.1, 0.15) is 6.04 Å². The average molecular weight is 351 g/mol. The standard InChI is InChI=1S/C17H21NO7/c1-4-10(2)15(17(21)22-3)18-14(19)8-23-16(20)11-5-6-12-13(7-11)25-9-24-12/h5-7,10,15H,4,8-9H2,1-3H3,(H,18,19). The number of fused-ring (bicyclic) bond motifs is 1. The van der Waals surface area contributed by atoms with Crippen molar-refractivity contribution >= 4 is 17.8 Å². The van der Waals surface area contributed by atoms with Crippen molar-refractivity contribution in [3.8, 4) is 11.5 Å².